The molecule has 1 fully saturated rings. The van der Waals surface area contributed by atoms with Gasteiger partial charge in [0.2, 0.25) is 0 Å². The number of nitrogens with two attached hydrogens (primary N) is 1. The van der Waals surface area contributed by atoms with Gasteiger partial charge in [0, 0.05) is 17.2 Å². The normalized spacial score (nSPS) is 15.3. The Bertz CT molecular complexity index is 526. The zero-order valence-electron chi connectivity index (χ0n) is 9.23. The zero-order chi connectivity index (χ0) is 11.1. The molecule has 3 nitrogen and oxygen atoms in total. The van der Waals surface area contributed by atoms with Crippen LogP contribution in [0.1, 0.15) is 30.4 Å². The standard InChI is InChI=1S/C13H14N2O/c1-8-12(10-3-2-4-11(14)7-10)15-13(16-8)9-5-6-9/h2-4,7,9H,5-6,14H2,1H3. The van der Waals surface area contributed by atoms with Crippen molar-refractivity contribution >= 4 is 5.69 Å². The Morgan fingerprint density at radius 1 is 1.38 bits per heavy atom. The predicted molar refractivity (Wildman–Crippen MR) is 63.1 cm³/mol. The highest BCUT2D eigenvalue weighted by atomic mass is 16.4. The smallest absolute Gasteiger partial charge is 0.198 e. The molecule has 1 aliphatic carbocycles. The highest BCUT2D eigenvalue weighted by molar-refractivity contribution is 5.65. The van der Waals surface area contributed by atoms with Crippen LogP contribution in [0.2, 0.25) is 0 Å². The maximum absolute atomic E-state index is 5.77. The van der Waals surface area contributed by atoms with E-state index in [1.165, 1.54) is 12.8 Å². The summed E-state index contributed by atoms with van der Waals surface area (Å²) in [6.07, 6.45) is 2.41. The van der Waals surface area contributed by atoms with Crippen molar-refractivity contribution in [3.05, 3.63) is 35.9 Å². The molecular formula is C13H14N2O. The van der Waals surface area contributed by atoms with E-state index in [-0.39, 0.29) is 0 Å². The molecule has 0 spiro atoms. The summed E-state index contributed by atoms with van der Waals surface area (Å²) in [4.78, 5) is 4.56. The molecular weight excluding hydrogens is 200 g/mol. The molecule has 0 aliphatic heterocycles. The number of nitrogens with zero attached hydrogens (tertiary/aromatic N) is 1. The molecule has 3 rings (SSSR count). The number of benzene rings is 1. The molecule has 3 heteroatoms. The Balaban J connectivity index is 2.04. The molecule has 82 valence electrons. The summed E-state index contributed by atoms with van der Waals surface area (Å²) < 4.78 is 5.68. The minimum absolute atomic E-state index is 0.550. The molecule has 2 aromatic rings. The molecule has 1 saturated carbocycles. The Kier molecular flexibility index (Phi) is 1.99. The molecule has 0 unspecified atom stereocenters. The number of aromatic nitrogens is 1. The third-order valence-corrected chi connectivity index (χ3v) is 2.90. The van der Waals surface area contributed by atoms with Crippen LogP contribution in [0.15, 0.2) is 28.7 Å². The summed E-state index contributed by atoms with van der Waals surface area (Å²) in [5, 5.41) is 0. The van der Waals surface area contributed by atoms with Crippen molar-refractivity contribution in [2.45, 2.75) is 25.7 Å². The molecule has 1 aromatic heterocycles. The van der Waals surface area contributed by atoms with Crippen LogP contribution in [0.3, 0.4) is 0 Å². The molecule has 0 amide bonds. The third kappa shape index (κ3) is 1.58. The van der Waals surface area contributed by atoms with Gasteiger partial charge in [0.25, 0.3) is 0 Å². The molecule has 1 heterocycles. The van der Waals surface area contributed by atoms with Crippen molar-refractivity contribution in [1.82, 2.24) is 4.98 Å². The van der Waals surface area contributed by atoms with Crippen LogP contribution in [-0.2, 0) is 0 Å². The van der Waals surface area contributed by atoms with E-state index >= 15 is 0 Å². The summed E-state index contributed by atoms with van der Waals surface area (Å²) >= 11 is 0. The number of hydrogen-bond donors (Lipinski definition) is 1. The second-order valence-corrected chi connectivity index (χ2v) is 4.36. The number of anilines is 1. The number of hydrogen-bond acceptors (Lipinski definition) is 3. The first-order valence-electron chi connectivity index (χ1n) is 5.57. The average molecular weight is 214 g/mol. The van der Waals surface area contributed by atoms with Crippen molar-refractivity contribution in [3.8, 4) is 11.3 Å². The van der Waals surface area contributed by atoms with Gasteiger partial charge >= 0.3 is 0 Å². The van der Waals surface area contributed by atoms with Gasteiger partial charge in [-0.25, -0.2) is 4.98 Å². The molecule has 0 saturated heterocycles. The quantitative estimate of drug-likeness (QED) is 0.781. The van der Waals surface area contributed by atoms with E-state index in [2.05, 4.69) is 4.98 Å². The molecule has 1 aliphatic rings. The van der Waals surface area contributed by atoms with E-state index in [9.17, 15) is 0 Å². The van der Waals surface area contributed by atoms with E-state index < -0.39 is 0 Å². The van der Waals surface area contributed by atoms with Crippen molar-refractivity contribution in [3.63, 3.8) is 0 Å². The topological polar surface area (TPSA) is 52.0 Å². The summed E-state index contributed by atoms with van der Waals surface area (Å²) in [6.45, 7) is 1.96. The maximum Gasteiger partial charge on any atom is 0.198 e. The van der Waals surface area contributed by atoms with Gasteiger partial charge in [-0.1, -0.05) is 12.1 Å². The summed E-state index contributed by atoms with van der Waals surface area (Å²) in [7, 11) is 0. The Morgan fingerprint density at radius 2 is 2.19 bits per heavy atom. The van der Waals surface area contributed by atoms with Crippen LogP contribution in [0.25, 0.3) is 11.3 Å². The van der Waals surface area contributed by atoms with Gasteiger partial charge in [-0.15, -0.1) is 0 Å². The maximum atomic E-state index is 5.77. The first-order valence-corrected chi connectivity index (χ1v) is 5.57. The van der Waals surface area contributed by atoms with Crippen LogP contribution in [0.5, 0.6) is 0 Å². The first-order chi connectivity index (χ1) is 7.74. The summed E-state index contributed by atoms with van der Waals surface area (Å²) in [5.41, 5.74) is 8.48. The molecule has 0 atom stereocenters. The van der Waals surface area contributed by atoms with Gasteiger partial charge < -0.3 is 10.2 Å². The minimum Gasteiger partial charge on any atom is -0.445 e. The van der Waals surface area contributed by atoms with Crippen molar-refractivity contribution in [2.75, 3.05) is 5.73 Å². The fraction of sp³-hybridized carbons (Fsp3) is 0.308. The predicted octanol–water partition coefficient (Wildman–Crippen LogP) is 3.11. The molecule has 0 bridgehead atoms. The molecule has 2 N–H and O–H groups in total. The fourth-order valence-corrected chi connectivity index (χ4v) is 1.88. The summed E-state index contributed by atoms with van der Waals surface area (Å²) in [6, 6.07) is 7.76. The number of oxazole rings is 1. The first kappa shape index (κ1) is 9.46. The number of rotatable bonds is 2. The van der Waals surface area contributed by atoms with Gasteiger partial charge in [-0.2, -0.15) is 0 Å². The van der Waals surface area contributed by atoms with Crippen molar-refractivity contribution < 1.29 is 4.42 Å². The lowest BCUT2D eigenvalue weighted by Gasteiger charge is -1.98. The van der Waals surface area contributed by atoms with E-state index in [1.807, 2.05) is 31.2 Å². The van der Waals surface area contributed by atoms with Gasteiger partial charge in [-0.05, 0) is 31.9 Å². The highest BCUT2D eigenvalue weighted by Gasteiger charge is 2.29. The Morgan fingerprint density at radius 3 is 2.88 bits per heavy atom. The molecule has 0 radical (unpaired) electrons. The average Bonchev–Trinajstić information content (AvgIpc) is 3.02. The lowest BCUT2D eigenvalue weighted by atomic mass is 10.1. The number of aryl methyl sites for hydroxylation is 1. The van der Waals surface area contributed by atoms with Gasteiger partial charge in [0.1, 0.15) is 11.5 Å². The summed E-state index contributed by atoms with van der Waals surface area (Å²) in [5.74, 6) is 2.32. The van der Waals surface area contributed by atoms with E-state index in [0.717, 1.165) is 28.6 Å². The number of nitrogen functional groups attached to an aromatic ring is 1. The lowest BCUT2D eigenvalue weighted by molar-refractivity contribution is 0.473. The van der Waals surface area contributed by atoms with Crippen molar-refractivity contribution in [2.24, 2.45) is 0 Å². The minimum atomic E-state index is 0.550. The molecule has 1 aromatic carbocycles. The van der Waals surface area contributed by atoms with Gasteiger partial charge in [0.05, 0.1) is 0 Å². The fourth-order valence-electron chi connectivity index (χ4n) is 1.88. The second-order valence-electron chi connectivity index (χ2n) is 4.36. The monoisotopic (exact) mass is 214 g/mol. The van der Waals surface area contributed by atoms with Crippen LogP contribution in [-0.4, -0.2) is 4.98 Å². The lowest BCUT2D eigenvalue weighted by Crippen LogP contribution is -1.86. The van der Waals surface area contributed by atoms with Crippen LogP contribution in [0.4, 0.5) is 5.69 Å². The van der Waals surface area contributed by atoms with Crippen LogP contribution in [0, 0.1) is 6.92 Å². The molecule has 16 heavy (non-hydrogen) atoms. The van der Waals surface area contributed by atoms with E-state index in [4.69, 9.17) is 10.2 Å². The van der Waals surface area contributed by atoms with Crippen LogP contribution < -0.4 is 5.73 Å². The largest absolute Gasteiger partial charge is 0.445 e. The third-order valence-electron chi connectivity index (χ3n) is 2.90. The van der Waals surface area contributed by atoms with E-state index in [1.54, 1.807) is 0 Å². The second kappa shape index (κ2) is 3.37. The Hall–Kier alpha value is -1.77. The highest BCUT2D eigenvalue weighted by Crippen LogP contribution is 2.41. The van der Waals surface area contributed by atoms with Gasteiger partial charge in [-0.3, -0.25) is 0 Å². The van der Waals surface area contributed by atoms with E-state index in [0.29, 0.717) is 5.92 Å². The Labute approximate surface area is 94.3 Å². The SMILES string of the molecule is Cc1oc(C2CC2)nc1-c1cccc(N)c1. The van der Waals surface area contributed by atoms with Crippen LogP contribution >= 0.6 is 0 Å². The van der Waals surface area contributed by atoms with Gasteiger partial charge in [0.15, 0.2) is 5.89 Å². The zero-order valence-corrected chi connectivity index (χ0v) is 9.23. The van der Waals surface area contributed by atoms with Crippen molar-refractivity contribution in [1.29, 1.82) is 0 Å².